The van der Waals surface area contributed by atoms with E-state index in [-0.39, 0.29) is 16.5 Å². The lowest BCUT2D eigenvalue weighted by Crippen LogP contribution is -2.39. The quantitative estimate of drug-likeness (QED) is 0.533. The van der Waals surface area contributed by atoms with E-state index in [0.717, 1.165) is 9.87 Å². The van der Waals surface area contributed by atoms with Gasteiger partial charge in [-0.05, 0) is 19.1 Å². The normalized spacial score (nSPS) is 11.4. The molecule has 3 aromatic carbocycles. The summed E-state index contributed by atoms with van der Waals surface area (Å²) in [7, 11) is -4.03. The van der Waals surface area contributed by atoms with Crippen molar-refractivity contribution < 1.29 is 18.0 Å². The molecule has 0 aromatic heterocycles. The highest BCUT2D eigenvalue weighted by atomic mass is 32.2. The zero-order valence-electron chi connectivity index (χ0n) is 16.0. The van der Waals surface area contributed by atoms with Gasteiger partial charge in [0.1, 0.15) is 0 Å². The predicted molar refractivity (Wildman–Crippen MR) is 111 cm³/mol. The van der Waals surface area contributed by atoms with Crippen molar-refractivity contribution in [3.05, 3.63) is 102 Å². The van der Waals surface area contributed by atoms with Gasteiger partial charge >= 0.3 is 0 Å². The summed E-state index contributed by atoms with van der Waals surface area (Å²) in [6, 6.07) is 23.2. The molecule has 148 valence electrons. The maximum Gasteiger partial charge on any atom is 0.243 e. The van der Waals surface area contributed by atoms with Gasteiger partial charge in [-0.15, -0.1) is 0 Å². The molecule has 0 amide bonds. The Morgan fingerprint density at radius 3 is 1.52 bits per heavy atom. The molecular formula is C23H21NO4S. The number of hydrogen-bond acceptors (Lipinski definition) is 4. The molecule has 0 N–H and O–H groups in total. The number of sulfonamides is 1. The second-order valence-corrected chi connectivity index (χ2v) is 8.60. The second kappa shape index (κ2) is 8.94. The largest absolute Gasteiger partial charge is 0.293 e. The van der Waals surface area contributed by atoms with Gasteiger partial charge in [0.2, 0.25) is 10.0 Å². The van der Waals surface area contributed by atoms with Crippen molar-refractivity contribution in [1.29, 1.82) is 0 Å². The highest BCUT2D eigenvalue weighted by Crippen LogP contribution is 2.18. The lowest BCUT2D eigenvalue weighted by atomic mass is 10.1. The molecule has 0 aliphatic heterocycles. The molecule has 0 aliphatic rings. The molecule has 5 nitrogen and oxygen atoms in total. The summed E-state index contributed by atoms with van der Waals surface area (Å²) in [5.41, 5.74) is 1.70. The molecule has 29 heavy (non-hydrogen) atoms. The summed E-state index contributed by atoms with van der Waals surface area (Å²) in [6.07, 6.45) is 0. The lowest BCUT2D eigenvalue weighted by molar-refractivity contribution is 0.0927. The summed E-state index contributed by atoms with van der Waals surface area (Å²) in [4.78, 5) is 25.4. The van der Waals surface area contributed by atoms with Crippen LogP contribution >= 0.6 is 0 Å². The molecule has 0 fully saturated rings. The van der Waals surface area contributed by atoms with Crippen LogP contribution in [0.4, 0.5) is 0 Å². The number of ketones is 2. The number of rotatable bonds is 8. The third-order valence-electron chi connectivity index (χ3n) is 4.49. The Kier molecular flexibility index (Phi) is 6.36. The van der Waals surface area contributed by atoms with E-state index in [1.807, 2.05) is 6.92 Å². The minimum Gasteiger partial charge on any atom is -0.293 e. The third kappa shape index (κ3) is 5.04. The van der Waals surface area contributed by atoms with Crippen molar-refractivity contribution in [3.63, 3.8) is 0 Å². The van der Waals surface area contributed by atoms with Gasteiger partial charge < -0.3 is 0 Å². The van der Waals surface area contributed by atoms with Gasteiger partial charge in [-0.2, -0.15) is 4.31 Å². The molecule has 0 saturated heterocycles. The fourth-order valence-electron chi connectivity index (χ4n) is 2.84. The maximum absolute atomic E-state index is 13.2. The van der Waals surface area contributed by atoms with E-state index < -0.39 is 23.1 Å². The Balaban J connectivity index is 1.93. The van der Waals surface area contributed by atoms with E-state index in [9.17, 15) is 18.0 Å². The lowest BCUT2D eigenvalue weighted by Gasteiger charge is -2.21. The number of hydrogen-bond donors (Lipinski definition) is 0. The number of carbonyl (C=O) groups excluding carboxylic acids is 2. The first-order valence-corrected chi connectivity index (χ1v) is 10.6. The Labute approximate surface area is 170 Å². The molecule has 0 aliphatic carbocycles. The standard InChI is InChI=1S/C23H21NO4S/c1-18-12-14-21(15-13-18)29(27,28)24(16-22(25)19-8-4-2-5-9-19)17-23(26)20-10-6-3-7-11-20/h2-15H,16-17H2,1H3. The number of benzene rings is 3. The number of Topliss-reactive ketones (excluding diaryl/α,β-unsaturated/α-hetero) is 2. The molecular weight excluding hydrogens is 386 g/mol. The molecule has 0 saturated carbocycles. The highest BCUT2D eigenvalue weighted by Gasteiger charge is 2.29. The van der Waals surface area contributed by atoms with Crippen LogP contribution in [0.1, 0.15) is 26.3 Å². The van der Waals surface area contributed by atoms with Crippen LogP contribution in [0.15, 0.2) is 89.8 Å². The predicted octanol–water partition coefficient (Wildman–Crippen LogP) is 3.75. The zero-order chi connectivity index (χ0) is 20.9. The zero-order valence-corrected chi connectivity index (χ0v) is 16.8. The van der Waals surface area contributed by atoms with E-state index in [1.165, 1.54) is 12.1 Å². The molecule has 0 radical (unpaired) electrons. The van der Waals surface area contributed by atoms with Crippen LogP contribution < -0.4 is 0 Å². The first-order chi connectivity index (χ1) is 13.9. The summed E-state index contributed by atoms with van der Waals surface area (Å²) >= 11 is 0. The summed E-state index contributed by atoms with van der Waals surface area (Å²) in [6.45, 7) is 1.02. The summed E-state index contributed by atoms with van der Waals surface area (Å²) in [5, 5.41) is 0. The van der Waals surface area contributed by atoms with Crippen molar-refractivity contribution >= 4 is 21.6 Å². The van der Waals surface area contributed by atoms with Crippen molar-refractivity contribution in [2.24, 2.45) is 0 Å². The van der Waals surface area contributed by atoms with Crippen LogP contribution in [-0.2, 0) is 10.0 Å². The van der Waals surface area contributed by atoms with E-state index in [0.29, 0.717) is 11.1 Å². The fraction of sp³-hybridized carbons (Fsp3) is 0.130. The van der Waals surface area contributed by atoms with Crippen LogP contribution in [0, 0.1) is 6.92 Å². The molecule has 0 bridgehead atoms. The summed E-state index contributed by atoms with van der Waals surface area (Å²) < 4.78 is 27.3. The minimum absolute atomic E-state index is 0.0461. The van der Waals surface area contributed by atoms with Gasteiger partial charge in [0.25, 0.3) is 0 Å². The van der Waals surface area contributed by atoms with Gasteiger partial charge in [-0.25, -0.2) is 8.42 Å². The van der Waals surface area contributed by atoms with Gasteiger partial charge in [-0.3, -0.25) is 9.59 Å². The van der Waals surface area contributed by atoms with Gasteiger partial charge in [0, 0.05) is 11.1 Å². The van der Waals surface area contributed by atoms with Crippen molar-refractivity contribution in [3.8, 4) is 0 Å². The summed E-state index contributed by atoms with van der Waals surface area (Å²) in [5.74, 6) is -0.746. The Bertz CT molecular complexity index is 1040. The average Bonchev–Trinajstić information content (AvgIpc) is 2.74. The smallest absolute Gasteiger partial charge is 0.243 e. The van der Waals surface area contributed by atoms with Crippen LogP contribution in [0.5, 0.6) is 0 Å². The fourth-order valence-corrected chi connectivity index (χ4v) is 4.19. The van der Waals surface area contributed by atoms with Crippen molar-refractivity contribution in [2.75, 3.05) is 13.1 Å². The number of aryl methyl sites for hydroxylation is 1. The number of nitrogens with zero attached hydrogens (tertiary/aromatic N) is 1. The highest BCUT2D eigenvalue weighted by molar-refractivity contribution is 7.89. The molecule has 3 rings (SSSR count). The molecule has 0 heterocycles. The van der Waals surface area contributed by atoms with Gasteiger partial charge in [0.15, 0.2) is 11.6 Å². The topological polar surface area (TPSA) is 71.5 Å². The van der Waals surface area contributed by atoms with Gasteiger partial charge in [-0.1, -0.05) is 78.4 Å². The third-order valence-corrected chi connectivity index (χ3v) is 6.30. The van der Waals surface area contributed by atoms with Gasteiger partial charge in [0.05, 0.1) is 18.0 Å². The van der Waals surface area contributed by atoms with E-state index in [2.05, 4.69) is 0 Å². The average molecular weight is 407 g/mol. The van der Waals surface area contributed by atoms with E-state index in [4.69, 9.17) is 0 Å². The molecule has 3 aromatic rings. The van der Waals surface area contributed by atoms with Crippen LogP contribution in [-0.4, -0.2) is 37.4 Å². The number of carbonyl (C=O) groups is 2. The molecule has 6 heteroatoms. The first kappa shape index (κ1) is 20.6. The Hall–Kier alpha value is -3.09. The molecule has 0 unspecified atom stereocenters. The Morgan fingerprint density at radius 1 is 0.690 bits per heavy atom. The maximum atomic E-state index is 13.2. The van der Waals surface area contributed by atoms with E-state index in [1.54, 1.807) is 72.8 Å². The van der Waals surface area contributed by atoms with Crippen molar-refractivity contribution in [2.45, 2.75) is 11.8 Å². The van der Waals surface area contributed by atoms with Crippen LogP contribution in [0.2, 0.25) is 0 Å². The van der Waals surface area contributed by atoms with E-state index >= 15 is 0 Å². The van der Waals surface area contributed by atoms with Crippen LogP contribution in [0.3, 0.4) is 0 Å². The molecule has 0 spiro atoms. The monoisotopic (exact) mass is 407 g/mol. The van der Waals surface area contributed by atoms with Crippen molar-refractivity contribution in [1.82, 2.24) is 4.31 Å². The second-order valence-electron chi connectivity index (χ2n) is 6.66. The minimum atomic E-state index is -4.03. The molecule has 0 atom stereocenters. The van der Waals surface area contributed by atoms with Crippen LogP contribution in [0.25, 0.3) is 0 Å². The SMILES string of the molecule is Cc1ccc(S(=O)(=O)N(CC(=O)c2ccccc2)CC(=O)c2ccccc2)cc1. The first-order valence-electron chi connectivity index (χ1n) is 9.11. The Morgan fingerprint density at radius 2 is 1.10 bits per heavy atom.